The molecule has 4 fully saturated rings. The van der Waals surface area contributed by atoms with Crippen molar-refractivity contribution < 1.29 is 4.79 Å². The van der Waals surface area contributed by atoms with Gasteiger partial charge in [-0.3, -0.25) is 4.79 Å². The highest BCUT2D eigenvalue weighted by molar-refractivity contribution is 5.47. The number of fused-ring (bicyclic) bond motifs is 4. The topological polar surface area (TPSA) is 41.1 Å². The second kappa shape index (κ2) is 7.72. The van der Waals surface area contributed by atoms with E-state index in [4.69, 9.17) is 0 Å². The number of piperidine rings is 1. The SMILES string of the molecule is CC1(C)CC2CC(C)(C)CC(c3ccccc3)(C2)C1.O=CNC1CC2CNC1C2. The van der Waals surface area contributed by atoms with E-state index in [1.54, 1.807) is 5.56 Å². The molecular formula is C26H40N2O. The summed E-state index contributed by atoms with van der Waals surface area (Å²) in [5.74, 6) is 1.75. The minimum absolute atomic E-state index is 0.413. The van der Waals surface area contributed by atoms with E-state index in [1.807, 2.05) is 0 Å². The van der Waals surface area contributed by atoms with E-state index < -0.39 is 0 Å². The molecule has 1 heterocycles. The van der Waals surface area contributed by atoms with E-state index in [2.05, 4.69) is 68.7 Å². The average Bonchev–Trinajstić information content (AvgIpc) is 3.23. The van der Waals surface area contributed by atoms with Gasteiger partial charge in [-0.1, -0.05) is 58.0 Å². The van der Waals surface area contributed by atoms with Gasteiger partial charge < -0.3 is 10.6 Å². The van der Waals surface area contributed by atoms with Crippen molar-refractivity contribution in [3.63, 3.8) is 0 Å². The molecule has 0 spiro atoms. The summed E-state index contributed by atoms with van der Waals surface area (Å²) in [6, 6.07) is 12.3. The highest BCUT2D eigenvalue weighted by Crippen LogP contribution is 2.60. The van der Waals surface area contributed by atoms with Crippen LogP contribution in [0.25, 0.3) is 0 Å². The Morgan fingerprint density at radius 2 is 1.59 bits per heavy atom. The van der Waals surface area contributed by atoms with Gasteiger partial charge >= 0.3 is 0 Å². The van der Waals surface area contributed by atoms with Gasteiger partial charge in [0.05, 0.1) is 0 Å². The monoisotopic (exact) mass is 396 g/mol. The highest BCUT2D eigenvalue weighted by atomic mass is 16.1. The Morgan fingerprint density at radius 1 is 0.931 bits per heavy atom. The molecule has 160 valence electrons. The van der Waals surface area contributed by atoms with E-state index >= 15 is 0 Å². The van der Waals surface area contributed by atoms with E-state index in [1.165, 1.54) is 44.9 Å². The Morgan fingerprint density at radius 3 is 2.10 bits per heavy atom. The number of rotatable bonds is 3. The van der Waals surface area contributed by atoms with Gasteiger partial charge in [-0.25, -0.2) is 0 Å². The fourth-order valence-corrected chi connectivity index (χ4v) is 7.75. The Kier molecular flexibility index (Phi) is 5.57. The lowest BCUT2D eigenvalue weighted by molar-refractivity contribution is -0.110. The first kappa shape index (κ1) is 20.9. The molecule has 3 heteroatoms. The van der Waals surface area contributed by atoms with Gasteiger partial charge in [0.2, 0.25) is 6.41 Å². The van der Waals surface area contributed by atoms with E-state index in [0.29, 0.717) is 28.3 Å². The second-order valence-corrected chi connectivity index (χ2v) is 12.0. The van der Waals surface area contributed by atoms with Gasteiger partial charge in [0.25, 0.3) is 0 Å². The fourth-order valence-electron chi connectivity index (χ4n) is 7.75. The number of carbonyl (C=O) groups is 1. The summed E-state index contributed by atoms with van der Waals surface area (Å²) in [6.07, 6.45) is 10.2. The van der Waals surface area contributed by atoms with Crippen LogP contribution in [0.2, 0.25) is 0 Å². The lowest BCUT2D eigenvalue weighted by atomic mass is 9.48. The van der Waals surface area contributed by atoms with Gasteiger partial charge in [-0.05, 0) is 85.1 Å². The predicted molar refractivity (Wildman–Crippen MR) is 120 cm³/mol. The van der Waals surface area contributed by atoms with Gasteiger partial charge in [-0.15, -0.1) is 0 Å². The first-order chi connectivity index (χ1) is 13.7. The van der Waals surface area contributed by atoms with Crippen LogP contribution >= 0.6 is 0 Å². The molecule has 1 amide bonds. The normalized spacial score (nSPS) is 38.6. The molecule has 4 bridgehead atoms. The van der Waals surface area contributed by atoms with Crippen LogP contribution in [-0.2, 0) is 10.2 Å². The maximum absolute atomic E-state index is 10.1. The Balaban J connectivity index is 0.000000171. The second-order valence-electron chi connectivity index (χ2n) is 12.0. The molecule has 3 aliphatic carbocycles. The predicted octanol–water partition coefficient (Wildman–Crippen LogP) is 5.05. The van der Waals surface area contributed by atoms with Crippen molar-refractivity contribution in [1.82, 2.24) is 10.6 Å². The molecule has 2 N–H and O–H groups in total. The summed E-state index contributed by atoms with van der Waals surface area (Å²) >= 11 is 0. The quantitative estimate of drug-likeness (QED) is 0.702. The fraction of sp³-hybridized carbons (Fsp3) is 0.731. The first-order valence-electron chi connectivity index (χ1n) is 11.7. The van der Waals surface area contributed by atoms with Crippen LogP contribution in [-0.4, -0.2) is 25.0 Å². The minimum Gasteiger partial charge on any atom is -0.354 e. The number of benzene rings is 1. The zero-order valence-corrected chi connectivity index (χ0v) is 18.8. The Labute approximate surface area is 177 Å². The van der Waals surface area contributed by atoms with Crippen LogP contribution < -0.4 is 10.6 Å². The molecule has 5 rings (SSSR count). The summed E-state index contributed by atoms with van der Waals surface area (Å²) in [4.78, 5) is 10.1. The third-order valence-corrected chi connectivity index (χ3v) is 7.99. The van der Waals surface area contributed by atoms with Crippen molar-refractivity contribution >= 4 is 6.41 Å². The molecule has 1 aromatic rings. The summed E-state index contributed by atoms with van der Waals surface area (Å²) < 4.78 is 0. The lowest BCUT2D eigenvalue weighted by Crippen LogP contribution is -2.48. The van der Waals surface area contributed by atoms with Gasteiger partial charge in [0.15, 0.2) is 0 Å². The maximum Gasteiger partial charge on any atom is 0.207 e. The number of amides is 1. The van der Waals surface area contributed by atoms with Crippen LogP contribution in [0.15, 0.2) is 30.3 Å². The smallest absolute Gasteiger partial charge is 0.207 e. The van der Waals surface area contributed by atoms with Crippen molar-refractivity contribution in [1.29, 1.82) is 0 Å². The molecule has 1 aromatic carbocycles. The largest absolute Gasteiger partial charge is 0.354 e. The summed E-state index contributed by atoms with van der Waals surface area (Å²) in [7, 11) is 0. The third kappa shape index (κ3) is 4.55. The average molecular weight is 397 g/mol. The number of nitrogens with one attached hydrogen (secondary N) is 2. The third-order valence-electron chi connectivity index (χ3n) is 7.99. The zero-order valence-electron chi connectivity index (χ0n) is 18.8. The molecule has 3 unspecified atom stereocenters. The van der Waals surface area contributed by atoms with Gasteiger partial charge in [-0.2, -0.15) is 0 Å². The van der Waals surface area contributed by atoms with E-state index in [0.717, 1.165) is 24.8 Å². The molecular weight excluding hydrogens is 356 g/mol. The van der Waals surface area contributed by atoms with Crippen LogP contribution in [0.3, 0.4) is 0 Å². The molecule has 3 nitrogen and oxygen atoms in total. The Bertz CT molecular complexity index is 691. The molecule has 29 heavy (non-hydrogen) atoms. The van der Waals surface area contributed by atoms with Gasteiger partial charge in [0, 0.05) is 12.1 Å². The molecule has 4 aliphatic rings. The summed E-state index contributed by atoms with van der Waals surface area (Å²) in [6.45, 7) is 11.1. The van der Waals surface area contributed by atoms with Gasteiger partial charge in [0.1, 0.15) is 0 Å². The van der Waals surface area contributed by atoms with Crippen LogP contribution in [0.4, 0.5) is 0 Å². The lowest BCUT2D eigenvalue weighted by Gasteiger charge is -2.57. The van der Waals surface area contributed by atoms with Crippen molar-refractivity contribution in [2.24, 2.45) is 22.7 Å². The molecule has 1 saturated heterocycles. The van der Waals surface area contributed by atoms with Crippen molar-refractivity contribution in [2.45, 2.75) is 90.1 Å². The van der Waals surface area contributed by atoms with Crippen LogP contribution in [0.5, 0.6) is 0 Å². The summed E-state index contributed by atoms with van der Waals surface area (Å²) in [5, 5.41) is 6.20. The van der Waals surface area contributed by atoms with Crippen LogP contribution in [0.1, 0.15) is 78.2 Å². The standard InChI is InChI=1S/C19H28.C7H12N2O/c1-17(2)10-15-11-18(3,4)14-19(12-15,13-17)16-8-6-5-7-9-16;10-4-9-7-2-5-1-6(7)8-3-5/h5-9,15H,10-14H2,1-4H3;4-8H,1-3H2,(H,9,10). The zero-order chi connectivity index (χ0) is 20.7. The molecule has 0 aromatic heterocycles. The first-order valence-corrected chi connectivity index (χ1v) is 11.7. The molecule has 3 atom stereocenters. The molecule has 0 radical (unpaired) electrons. The van der Waals surface area contributed by atoms with Crippen molar-refractivity contribution in [3.8, 4) is 0 Å². The van der Waals surface area contributed by atoms with E-state index in [9.17, 15) is 4.79 Å². The minimum atomic E-state index is 0.413. The number of hydrogen-bond donors (Lipinski definition) is 2. The van der Waals surface area contributed by atoms with E-state index in [-0.39, 0.29) is 0 Å². The molecule has 1 aliphatic heterocycles. The summed E-state index contributed by atoms with van der Waals surface area (Å²) in [5.41, 5.74) is 3.06. The number of hydrogen-bond acceptors (Lipinski definition) is 2. The Hall–Kier alpha value is -1.35. The van der Waals surface area contributed by atoms with Crippen molar-refractivity contribution in [3.05, 3.63) is 35.9 Å². The number of carbonyl (C=O) groups excluding carboxylic acids is 1. The van der Waals surface area contributed by atoms with Crippen LogP contribution in [0, 0.1) is 22.7 Å². The maximum atomic E-state index is 10.1. The van der Waals surface area contributed by atoms with Crippen molar-refractivity contribution in [2.75, 3.05) is 6.54 Å². The molecule has 3 saturated carbocycles. The highest BCUT2D eigenvalue weighted by Gasteiger charge is 2.51.